The van der Waals surface area contributed by atoms with E-state index in [0.717, 1.165) is 38.8 Å². The number of hydrogen-bond donors (Lipinski definition) is 3. The second kappa shape index (κ2) is 6.21. The minimum atomic E-state index is -0.214. The fourth-order valence-corrected chi connectivity index (χ4v) is 2.26. The molecule has 16 heavy (non-hydrogen) atoms. The molecule has 0 radical (unpaired) electrons. The van der Waals surface area contributed by atoms with Crippen LogP contribution in [0.1, 0.15) is 39.5 Å². The van der Waals surface area contributed by atoms with Crippen molar-refractivity contribution in [2.75, 3.05) is 19.7 Å². The van der Waals surface area contributed by atoms with Crippen LogP contribution < -0.4 is 10.6 Å². The summed E-state index contributed by atoms with van der Waals surface area (Å²) in [6, 6.07) is -0.0918. The van der Waals surface area contributed by atoms with E-state index in [0.29, 0.717) is 0 Å². The normalized spacial score (nSPS) is 21.4. The summed E-state index contributed by atoms with van der Waals surface area (Å²) in [4.78, 5) is 12.2. The first-order valence-corrected chi connectivity index (χ1v) is 6.31. The Hall–Kier alpha value is -0.610. The van der Waals surface area contributed by atoms with Gasteiger partial charge in [-0.3, -0.25) is 4.79 Å². The molecular formula is C12H24N2O2. The molecule has 1 fully saturated rings. The zero-order valence-corrected chi connectivity index (χ0v) is 10.4. The predicted molar refractivity (Wildman–Crippen MR) is 64.1 cm³/mol. The number of carbonyl (C=O) groups is 1. The van der Waals surface area contributed by atoms with E-state index in [1.165, 1.54) is 0 Å². The molecule has 1 aliphatic heterocycles. The molecule has 4 heteroatoms. The Balaban J connectivity index is 2.61. The van der Waals surface area contributed by atoms with Gasteiger partial charge in [-0.2, -0.15) is 0 Å². The SMILES string of the molecule is CC[C@@H](CO)NC(=O)C1(CC)CCNCC1. The molecule has 0 aromatic carbocycles. The first kappa shape index (κ1) is 13.5. The molecule has 1 amide bonds. The lowest BCUT2D eigenvalue weighted by molar-refractivity contribution is -0.134. The second-order valence-corrected chi connectivity index (χ2v) is 4.65. The Kier molecular flexibility index (Phi) is 5.22. The fraction of sp³-hybridized carbons (Fsp3) is 0.917. The van der Waals surface area contributed by atoms with Crippen molar-refractivity contribution < 1.29 is 9.90 Å². The Labute approximate surface area is 97.8 Å². The molecule has 0 aliphatic carbocycles. The molecule has 0 spiro atoms. The number of rotatable bonds is 5. The Morgan fingerprint density at radius 3 is 2.50 bits per heavy atom. The predicted octanol–water partition coefficient (Wildman–Crippen LogP) is 0.653. The highest BCUT2D eigenvalue weighted by atomic mass is 16.3. The maximum Gasteiger partial charge on any atom is 0.226 e. The van der Waals surface area contributed by atoms with Gasteiger partial charge in [-0.15, -0.1) is 0 Å². The Morgan fingerprint density at radius 2 is 2.06 bits per heavy atom. The van der Waals surface area contributed by atoms with Gasteiger partial charge in [0.1, 0.15) is 0 Å². The molecule has 1 rings (SSSR count). The van der Waals surface area contributed by atoms with Crippen LogP contribution in [0.2, 0.25) is 0 Å². The summed E-state index contributed by atoms with van der Waals surface area (Å²) in [6.07, 6.45) is 3.46. The van der Waals surface area contributed by atoms with Crippen molar-refractivity contribution in [2.24, 2.45) is 5.41 Å². The molecule has 0 unspecified atom stereocenters. The number of amides is 1. The first-order valence-electron chi connectivity index (χ1n) is 6.31. The van der Waals surface area contributed by atoms with Gasteiger partial charge in [0.05, 0.1) is 18.1 Å². The third kappa shape index (κ3) is 2.95. The van der Waals surface area contributed by atoms with Crippen LogP contribution in [0.3, 0.4) is 0 Å². The molecule has 1 aliphatic rings. The maximum absolute atomic E-state index is 12.2. The van der Waals surface area contributed by atoms with Gasteiger partial charge in [-0.05, 0) is 38.8 Å². The monoisotopic (exact) mass is 228 g/mol. The van der Waals surface area contributed by atoms with Gasteiger partial charge >= 0.3 is 0 Å². The summed E-state index contributed by atoms with van der Waals surface area (Å²) in [5.74, 6) is 0.123. The third-order valence-electron chi connectivity index (χ3n) is 3.77. The van der Waals surface area contributed by atoms with Crippen molar-refractivity contribution in [1.29, 1.82) is 0 Å². The number of piperidine rings is 1. The smallest absolute Gasteiger partial charge is 0.226 e. The zero-order valence-electron chi connectivity index (χ0n) is 10.4. The van der Waals surface area contributed by atoms with Crippen molar-refractivity contribution in [2.45, 2.75) is 45.6 Å². The molecule has 1 heterocycles. The number of aliphatic hydroxyl groups excluding tert-OH is 1. The van der Waals surface area contributed by atoms with Gasteiger partial charge in [-0.1, -0.05) is 13.8 Å². The average molecular weight is 228 g/mol. The standard InChI is InChI=1S/C12H24N2O2/c1-3-10(9-15)14-11(16)12(4-2)5-7-13-8-6-12/h10,13,15H,3-9H2,1-2H3,(H,14,16)/t10-/m0/s1. The van der Waals surface area contributed by atoms with Crippen LogP contribution in [0.4, 0.5) is 0 Å². The molecule has 0 bridgehead atoms. The average Bonchev–Trinajstić information content (AvgIpc) is 2.36. The first-order chi connectivity index (χ1) is 7.68. The minimum absolute atomic E-state index is 0.0281. The molecule has 0 aromatic rings. The summed E-state index contributed by atoms with van der Waals surface area (Å²) in [5, 5.41) is 15.3. The largest absolute Gasteiger partial charge is 0.394 e. The number of hydrogen-bond acceptors (Lipinski definition) is 3. The van der Waals surface area contributed by atoms with E-state index < -0.39 is 0 Å². The highest BCUT2D eigenvalue weighted by Gasteiger charge is 2.38. The van der Waals surface area contributed by atoms with Gasteiger partial charge in [0.15, 0.2) is 0 Å². The molecule has 0 saturated carbocycles. The molecule has 4 nitrogen and oxygen atoms in total. The van der Waals surface area contributed by atoms with Crippen LogP contribution in [0.25, 0.3) is 0 Å². The van der Waals surface area contributed by atoms with Crippen LogP contribution in [0.5, 0.6) is 0 Å². The summed E-state index contributed by atoms with van der Waals surface area (Å²) in [6.45, 7) is 5.90. The topological polar surface area (TPSA) is 61.4 Å². The maximum atomic E-state index is 12.2. The van der Waals surface area contributed by atoms with Crippen LogP contribution >= 0.6 is 0 Å². The number of carbonyl (C=O) groups excluding carboxylic acids is 1. The third-order valence-corrected chi connectivity index (χ3v) is 3.77. The van der Waals surface area contributed by atoms with Crippen molar-refractivity contribution in [3.05, 3.63) is 0 Å². The van der Waals surface area contributed by atoms with E-state index >= 15 is 0 Å². The molecule has 3 N–H and O–H groups in total. The Bertz CT molecular complexity index is 221. The van der Waals surface area contributed by atoms with Crippen LogP contribution in [-0.4, -0.2) is 36.8 Å². The number of nitrogens with one attached hydrogen (secondary N) is 2. The quantitative estimate of drug-likeness (QED) is 0.647. The summed E-state index contributed by atoms with van der Waals surface area (Å²) >= 11 is 0. The van der Waals surface area contributed by atoms with Crippen molar-refractivity contribution in [1.82, 2.24) is 10.6 Å². The zero-order chi connectivity index (χ0) is 12.0. The molecular weight excluding hydrogens is 204 g/mol. The van der Waals surface area contributed by atoms with Crippen molar-refractivity contribution in [3.63, 3.8) is 0 Å². The van der Waals surface area contributed by atoms with E-state index in [1.54, 1.807) is 0 Å². The lowest BCUT2D eigenvalue weighted by Crippen LogP contribution is -2.50. The van der Waals surface area contributed by atoms with E-state index in [4.69, 9.17) is 5.11 Å². The van der Waals surface area contributed by atoms with E-state index in [-0.39, 0.29) is 24.0 Å². The van der Waals surface area contributed by atoms with E-state index in [9.17, 15) is 4.79 Å². The van der Waals surface area contributed by atoms with Crippen LogP contribution in [0.15, 0.2) is 0 Å². The minimum Gasteiger partial charge on any atom is -0.394 e. The summed E-state index contributed by atoms with van der Waals surface area (Å²) < 4.78 is 0. The summed E-state index contributed by atoms with van der Waals surface area (Å²) in [5.41, 5.74) is -0.214. The fourth-order valence-electron chi connectivity index (χ4n) is 2.26. The molecule has 94 valence electrons. The van der Waals surface area contributed by atoms with Gasteiger partial charge in [0.2, 0.25) is 5.91 Å². The van der Waals surface area contributed by atoms with Gasteiger partial charge in [0, 0.05) is 0 Å². The van der Waals surface area contributed by atoms with Crippen molar-refractivity contribution in [3.8, 4) is 0 Å². The number of aliphatic hydroxyl groups is 1. The molecule has 1 saturated heterocycles. The van der Waals surface area contributed by atoms with Crippen LogP contribution in [-0.2, 0) is 4.79 Å². The van der Waals surface area contributed by atoms with Gasteiger partial charge in [-0.25, -0.2) is 0 Å². The lowest BCUT2D eigenvalue weighted by Gasteiger charge is -2.36. The highest BCUT2D eigenvalue weighted by Crippen LogP contribution is 2.32. The van der Waals surface area contributed by atoms with Gasteiger partial charge in [0.25, 0.3) is 0 Å². The van der Waals surface area contributed by atoms with Gasteiger partial charge < -0.3 is 15.7 Å². The summed E-state index contributed by atoms with van der Waals surface area (Å²) in [7, 11) is 0. The lowest BCUT2D eigenvalue weighted by atomic mass is 9.75. The molecule has 0 aromatic heterocycles. The Morgan fingerprint density at radius 1 is 1.44 bits per heavy atom. The van der Waals surface area contributed by atoms with E-state index in [2.05, 4.69) is 17.6 Å². The van der Waals surface area contributed by atoms with Crippen LogP contribution in [0, 0.1) is 5.41 Å². The highest BCUT2D eigenvalue weighted by molar-refractivity contribution is 5.83. The molecule has 1 atom stereocenters. The van der Waals surface area contributed by atoms with Crippen molar-refractivity contribution >= 4 is 5.91 Å². The van der Waals surface area contributed by atoms with E-state index in [1.807, 2.05) is 6.92 Å². The second-order valence-electron chi connectivity index (χ2n) is 4.65.